The molecule has 0 atom stereocenters. The van der Waals surface area contributed by atoms with Crippen LogP contribution in [0.15, 0.2) is 10.7 Å². The van der Waals surface area contributed by atoms with Gasteiger partial charge in [0, 0.05) is 14.1 Å². The van der Waals surface area contributed by atoms with Crippen molar-refractivity contribution in [1.82, 2.24) is 4.98 Å². The average molecular weight is 275 g/mol. The summed E-state index contributed by atoms with van der Waals surface area (Å²) < 4.78 is 0.781. The molecule has 0 saturated carbocycles. The van der Waals surface area contributed by atoms with Crippen molar-refractivity contribution in [2.75, 3.05) is 19.0 Å². The second kappa shape index (κ2) is 4.70. The molecule has 14 heavy (non-hydrogen) atoms. The highest BCUT2D eigenvalue weighted by atomic mass is 79.9. The van der Waals surface area contributed by atoms with E-state index in [0.29, 0.717) is 0 Å². The van der Waals surface area contributed by atoms with Gasteiger partial charge in [-0.25, -0.2) is 4.98 Å². The number of hydrogen-bond acceptors (Lipinski definition) is 4. The van der Waals surface area contributed by atoms with Gasteiger partial charge in [-0.2, -0.15) is 0 Å². The fraction of sp³-hybridized carbons (Fsp3) is 0.333. The third-order valence-electron chi connectivity index (χ3n) is 1.45. The third-order valence-corrected chi connectivity index (χ3v) is 3.51. The van der Waals surface area contributed by atoms with Crippen LogP contribution in [0.4, 0.5) is 5.13 Å². The maximum absolute atomic E-state index is 10.7. The van der Waals surface area contributed by atoms with Gasteiger partial charge in [0.25, 0.3) is 0 Å². The van der Waals surface area contributed by atoms with E-state index in [2.05, 4.69) is 20.9 Å². The number of ketones is 1. The zero-order valence-corrected chi connectivity index (χ0v) is 10.6. The summed E-state index contributed by atoms with van der Waals surface area (Å²) in [7, 11) is 3.87. The first kappa shape index (κ1) is 11.4. The molecule has 1 aromatic heterocycles. The zero-order valence-electron chi connectivity index (χ0n) is 8.24. The Bertz CT molecular complexity index is 371. The molecule has 0 saturated heterocycles. The Balaban J connectivity index is 2.93. The van der Waals surface area contributed by atoms with Gasteiger partial charge in [0.05, 0.1) is 4.88 Å². The normalized spacial score (nSPS) is 10.9. The van der Waals surface area contributed by atoms with Crippen LogP contribution < -0.4 is 4.90 Å². The van der Waals surface area contributed by atoms with E-state index in [1.54, 1.807) is 6.08 Å². The fourth-order valence-electron chi connectivity index (χ4n) is 0.789. The van der Waals surface area contributed by atoms with Crippen LogP contribution in [0.1, 0.15) is 11.8 Å². The summed E-state index contributed by atoms with van der Waals surface area (Å²) in [4.78, 5) is 17.9. The van der Waals surface area contributed by atoms with E-state index in [9.17, 15) is 4.79 Å². The van der Waals surface area contributed by atoms with Crippen molar-refractivity contribution < 1.29 is 4.79 Å². The monoisotopic (exact) mass is 274 g/mol. The van der Waals surface area contributed by atoms with Crippen molar-refractivity contribution in [3.8, 4) is 0 Å². The molecule has 0 aromatic carbocycles. The van der Waals surface area contributed by atoms with Crippen LogP contribution in [0.3, 0.4) is 0 Å². The molecular formula is C9H11BrN2OS. The topological polar surface area (TPSA) is 33.2 Å². The van der Waals surface area contributed by atoms with E-state index in [1.165, 1.54) is 24.3 Å². The Morgan fingerprint density at radius 3 is 2.64 bits per heavy atom. The van der Waals surface area contributed by atoms with Crippen molar-refractivity contribution in [2.45, 2.75) is 6.92 Å². The van der Waals surface area contributed by atoms with Gasteiger partial charge >= 0.3 is 0 Å². The minimum absolute atomic E-state index is 0.0386. The number of thiazole rings is 1. The number of anilines is 1. The fourth-order valence-corrected chi connectivity index (χ4v) is 2.23. The molecule has 1 aromatic rings. The van der Waals surface area contributed by atoms with Gasteiger partial charge in [0.15, 0.2) is 10.9 Å². The molecule has 3 nitrogen and oxygen atoms in total. The van der Waals surface area contributed by atoms with Crippen LogP contribution in [-0.2, 0) is 4.79 Å². The molecule has 0 fully saturated rings. The Labute approximate surface area is 95.6 Å². The van der Waals surface area contributed by atoms with Gasteiger partial charge < -0.3 is 4.90 Å². The van der Waals surface area contributed by atoms with Crippen molar-refractivity contribution in [3.05, 3.63) is 15.6 Å². The predicted octanol–water partition coefficient (Wildman–Crippen LogP) is 2.57. The summed E-state index contributed by atoms with van der Waals surface area (Å²) in [5.74, 6) is 0.0386. The van der Waals surface area contributed by atoms with Gasteiger partial charge in [0.2, 0.25) is 0 Å². The van der Waals surface area contributed by atoms with Gasteiger partial charge in [-0.3, -0.25) is 4.79 Å². The highest BCUT2D eigenvalue weighted by molar-refractivity contribution is 9.10. The van der Waals surface area contributed by atoms with Crippen LogP contribution in [0.2, 0.25) is 0 Å². The maximum Gasteiger partial charge on any atom is 0.186 e. The SMILES string of the molecule is CC(=O)C=Cc1sc(N(C)C)nc1Br. The van der Waals surface area contributed by atoms with Gasteiger partial charge in [-0.1, -0.05) is 11.3 Å². The Hall–Kier alpha value is -0.680. The number of hydrogen-bond donors (Lipinski definition) is 0. The molecule has 0 aliphatic carbocycles. The Kier molecular flexibility index (Phi) is 3.83. The number of halogens is 1. The number of nitrogens with zero attached hydrogens (tertiary/aromatic N) is 2. The van der Waals surface area contributed by atoms with Crippen molar-refractivity contribution in [1.29, 1.82) is 0 Å². The van der Waals surface area contributed by atoms with Crippen LogP contribution in [0.25, 0.3) is 6.08 Å². The first-order valence-corrected chi connectivity index (χ1v) is 5.64. The number of carbonyl (C=O) groups is 1. The van der Waals surface area contributed by atoms with E-state index in [-0.39, 0.29) is 5.78 Å². The smallest absolute Gasteiger partial charge is 0.186 e. The van der Waals surface area contributed by atoms with Crippen molar-refractivity contribution >= 4 is 44.3 Å². The van der Waals surface area contributed by atoms with E-state index in [4.69, 9.17) is 0 Å². The second-order valence-electron chi connectivity index (χ2n) is 2.99. The molecule has 0 amide bonds. The predicted molar refractivity (Wildman–Crippen MR) is 63.9 cm³/mol. The van der Waals surface area contributed by atoms with Crippen LogP contribution in [-0.4, -0.2) is 24.9 Å². The minimum Gasteiger partial charge on any atom is -0.354 e. The van der Waals surface area contributed by atoms with Gasteiger partial charge in [0.1, 0.15) is 4.60 Å². The van der Waals surface area contributed by atoms with E-state index < -0.39 is 0 Å². The maximum atomic E-state index is 10.7. The van der Waals surface area contributed by atoms with E-state index in [1.807, 2.05) is 19.0 Å². The Morgan fingerprint density at radius 1 is 1.57 bits per heavy atom. The molecular weight excluding hydrogens is 264 g/mol. The molecule has 1 heterocycles. The summed E-state index contributed by atoms with van der Waals surface area (Å²) >= 11 is 4.88. The van der Waals surface area contributed by atoms with Crippen molar-refractivity contribution in [3.63, 3.8) is 0 Å². The van der Waals surface area contributed by atoms with Crippen LogP contribution >= 0.6 is 27.3 Å². The average Bonchev–Trinajstić information content (AvgIpc) is 2.43. The minimum atomic E-state index is 0.0386. The number of rotatable bonds is 3. The number of allylic oxidation sites excluding steroid dienone is 1. The van der Waals surface area contributed by atoms with Crippen LogP contribution in [0, 0.1) is 0 Å². The lowest BCUT2D eigenvalue weighted by Gasteiger charge is -2.04. The first-order valence-electron chi connectivity index (χ1n) is 4.03. The molecule has 76 valence electrons. The summed E-state index contributed by atoms with van der Waals surface area (Å²) in [6.45, 7) is 1.53. The van der Waals surface area contributed by atoms with E-state index in [0.717, 1.165) is 14.6 Å². The highest BCUT2D eigenvalue weighted by Crippen LogP contribution is 2.29. The molecule has 0 bridgehead atoms. The summed E-state index contributed by atoms with van der Waals surface area (Å²) in [6, 6.07) is 0. The second-order valence-corrected chi connectivity index (χ2v) is 4.75. The van der Waals surface area contributed by atoms with Crippen molar-refractivity contribution in [2.24, 2.45) is 0 Å². The summed E-state index contributed by atoms with van der Waals surface area (Å²) in [5, 5.41) is 0.917. The molecule has 5 heteroatoms. The molecule has 0 N–H and O–H groups in total. The Morgan fingerprint density at radius 2 is 2.21 bits per heavy atom. The quantitative estimate of drug-likeness (QED) is 0.795. The molecule has 1 rings (SSSR count). The number of carbonyl (C=O) groups excluding carboxylic acids is 1. The lowest BCUT2D eigenvalue weighted by molar-refractivity contribution is -0.112. The zero-order chi connectivity index (χ0) is 10.7. The summed E-state index contributed by atoms with van der Waals surface area (Å²) in [5.41, 5.74) is 0. The first-order chi connectivity index (χ1) is 6.50. The van der Waals surface area contributed by atoms with E-state index >= 15 is 0 Å². The summed E-state index contributed by atoms with van der Waals surface area (Å²) in [6.07, 6.45) is 3.31. The molecule has 0 radical (unpaired) electrons. The molecule has 0 spiro atoms. The number of aromatic nitrogens is 1. The highest BCUT2D eigenvalue weighted by Gasteiger charge is 2.07. The molecule has 0 unspecified atom stereocenters. The third kappa shape index (κ3) is 2.92. The van der Waals surface area contributed by atoms with Gasteiger partial charge in [-0.05, 0) is 35.0 Å². The lowest BCUT2D eigenvalue weighted by atomic mass is 10.4. The standard InChI is InChI=1S/C9H11BrN2OS/c1-6(13)4-5-7-8(10)11-9(14-7)12(2)3/h4-5H,1-3H3. The van der Waals surface area contributed by atoms with Crippen LogP contribution in [0.5, 0.6) is 0 Å². The lowest BCUT2D eigenvalue weighted by Crippen LogP contribution is -2.07. The largest absolute Gasteiger partial charge is 0.354 e. The molecule has 0 aliphatic rings. The van der Waals surface area contributed by atoms with Gasteiger partial charge in [-0.15, -0.1) is 0 Å². The molecule has 0 aliphatic heterocycles.